The highest BCUT2D eigenvalue weighted by atomic mass is 16.5. The number of anilines is 1. The first kappa shape index (κ1) is 12.9. The van der Waals surface area contributed by atoms with Crippen LogP contribution in [0.5, 0.6) is 0 Å². The molecule has 2 rings (SSSR count). The Morgan fingerprint density at radius 3 is 2.89 bits per heavy atom. The highest BCUT2D eigenvalue weighted by Crippen LogP contribution is 2.26. The van der Waals surface area contributed by atoms with Gasteiger partial charge in [0.15, 0.2) is 0 Å². The molecule has 0 radical (unpaired) electrons. The quantitative estimate of drug-likeness (QED) is 0.871. The van der Waals surface area contributed by atoms with Gasteiger partial charge in [-0.05, 0) is 19.8 Å². The zero-order chi connectivity index (χ0) is 13.3. The zero-order valence-electron chi connectivity index (χ0n) is 11.0. The SMILES string of the molecule is COC1CCCN(c2c(C(=O)O)c(C)nn2C)C1. The van der Waals surface area contributed by atoms with Crippen molar-refractivity contribution in [1.29, 1.82) is 0 Å². The van der Waals surface area contributed by atoms with Crippen LogP contribution in [-0.4, -0.2) is 47.2 Å². The number of carboxylic acids is 1. The molecule has 6 nitrogen and oxygen atoms in total. The van der Waals surface area contributed by atoms with E-state index < -0.39 is 5.97 Å². The van der Waals surface area contributed by atoms with Crippen LogP contribution in [0.15, 0.2) is 0 Å². The van der Waals surface area contributed by atoms with Crippen LogP contribution in [0.3, 0.4) is 0 Å². The molecule has 0 saturated carbocycles. The highest BCUT2D eigenvalue weighted by molar-refractivity contribution is 5.94. The van der Waals surface area contributed by atoms with Crippen LogP contribution < -0.4 is 4.90 Å². The lowest BCUT2D eigenvalue weighted by molar-refractivity contribution is 0.0694. The van der Waals surface area contributed by atoms with Crippen LogP contribution >= 0.6 is 0 Å². The zero-order valence-corrected chi connectivity index (χ0v) is 11.0. The Balaban J connectivity index is 2.35. The molecular weight excluding hydrogens is 234 g/mol. The van der Waals surface area contributed by atoms with E-state index in [4.69, 9.17) is 4.74 Å². The van der Waals surface area contributed by atoms with Gasteiger partial charge in [-0.25, -0.2) is 4.79 Å². The smallest absolute Gasteiger partial charge is 0.341 e. The third-order valence-electron chi connectivity index (χ3n) is 3.42. The van der Waals surface area contributed by atoms with E-state index in [1.165, 1.54) is 0 Å². The number of carbonyl (C=O) groups is 1. The van der Waals surface area contributed by atoms with Crippen LogP contribution in [0.4, 0.5) is 5.82 Å². The maximum absolute atomic E-state index is 11.3. The molecule has 2 heterocycles. The summed E-state index contributed by atoms with van der Waals surface area (Å²) in [6.45, 7) is 3.29. The van der Waals surface area contributed by atoms with E-state index in [-0.39, 0.29) is 6.10 Å². The summed E-state index contributed by atoms with van der Waals surface area (Å²) in [5, 5.41) is 13.5. The summed E-state index contributed by atoms with van der Waals surface area (Å²) in [7, 11) is 3.48. The van der Waals surface area contributed by atoms with Crippen molar-refractivity contribution < 1.29 is 14.6 Å². The second kappa shape index (κ2) is 4.97. The van der Waals surface area contributed by atoms with Crippen LogP contribution in [-0.2, 0) is 11.8 Å². The van der Waals surface area contributed by atoms with Crippen LogP contribution in [0.1, 0.15) is 28.9 Å². The van der Waals surface area contributed by atoms with Gasteiger partial charge >= 0.3 is 5.97 Å². The summed E-state index contributed by atoms with van der Waals surface area (Å²) >= 11 is 0. The summed E-state index contributed by atoms with van der Waals surface area (Å²) in [4.78, 5) is 13.4. The fourth-order valence-corrected chi connectivity index (χ4v) is 2.58. The Labute approximate surface area is 106 Å². The Morgan fingerprint density at radius 2 is 2.28 bits per heavy atom. The van der Waals surface area contributed by atoms with E-state index in [1.807, 2.05) is 0 Å². The van der Waals surface area contributed by atoms with Crippen LogP contribution in [0, 0.1) is 6.92 Å². The molecule has 0 bridgehead atoms. The monoisotopic (exact) mass is 253 g/mol. The highest BCUT2D eigenvalue weighted by Gasteiger charge is 2.28. The third-order valence-corrected chi connectivity index (χ3v) is 3.42. The number of hydrogen-bond acceptors (Lipinski definition) is 4. The van der Waals surface area contributed by atoms with Crippen molar-refractivity contribution in [2.45, 2.75) is 25.9 Å². The second-order valence-corrected chi connectivity index (χ2v) is 4.66. The van der Waals surface area contributed by atoms with Gasteiger partial charge in [-0.1, -0.05) is 0 Å². The lowest BCUT2D eigenvalue weighted by Gasteiger charge is -2.33. The largest absolute Gasteiger partial charge is 0.477 e. The lowest BCUT2D eigenvalue weighted by atomic mass is 10.1. The molecule has 0 aromatic carbocycles. The number of rotatable bonds is 3. The maximum Gasteiger partial charge on any atom is 0.341 e. The van der Waals surface area contributed by atoms with Gasteiger partial charge in [-0.3, -0.25) is 4.68 Å². The van der Waals surface area contributed by atoms with Crippen molar-refractivity contribution in [2.24, 2.45) is 7.05 Å². The van der Waals surface area contributed by atoms with Gasteiger partial charge in [0, 0.05) is 27.2 Å². The summed E-state index contributed by atoms with van der Waals surface area (Å²) in [5.41, 5.74) is 0.855. The molecule has 1 aromatic rings. The van der Waals surface area contributed by atoms with Gasteiger partial charge in [0.05, 0.1) is 11.8 Å². The van der Waals surface area contributed by atoms with Gasteiger partial charge in [0.1, 0.15) is 11.4 Å². The molecule has 1 saturated heterocycles. The van der Waals surface area contributed by atoms with Crippen molar-refractivity contribution in [3.8, 4) is 0 Å². The van der Waals surface area contributed by atoms with E-state index in [2.05, 4.69) is 10.00 Å². The van der Waals surface area contributed by atoms with E-state index in [9.17, 15) is 9.90 Å². The summed E-state index contributed by atoms with van der Waals surface area (Å²) in [6, 6.07) is 0. The van der Waals surface area contributed by atoms with Crippen molar-refractivity contribution in [2.75, 3.05) is 25.1 Å². The number of hydrogen-bond donors (Lipinski definition) is 1. The Kier molecular flexibility index (Phi) is 3.56. The number of aromatic nitrogens is 2. The van der Waals surface area contributed by atoms with Gasteiger partial charge in [0.2, 0.25) is 0 Å². The fourth-order valence-electron chi connectivity index (χ4n) is 2.58. The number of nitrogens with zero attached hydrogens (tertiary/aromatic N) is 3. The molecule has 0 amide bonds. The normalized spacial score (nSPS) is 20.2. The van der Waals surface area contributed by atoms with Crippen molar-refractivity contribution in [3.05, 3.63) is 11.3 Å². The maximum atomic E-state index is 11.3. The molecule has 1 fully saturated rings. The first-order chi connectivity index (χ1) is 8.54. The van der Waals surface area contributed by atoms with Gasteiger partial charge in [-0.2, -0.15) is 5.10 Å². The Hall–Kier alpha value is -1.56. The van der Waals surface area contributed by atoms with Crippen LogP contribution in [0.2, 0.25) is 0 Å². The Morgan fingerprint density at radius 1 is 1.56 bits per heavy atom. The average molecular weight is 253 g/mol. The standard InChI is InChI=1S/C12H19N3O3/c1-8-10(12(16)17)11(14(2)13-8)15-6-4-5-9(7-15)18-3/h9H,4-7H2,1-3H3,(H,16,17). The fraction of sp³-hybridized carbons (Fsp3) is 0.667. The Bertz CT molecular complexity index is 456. The number of ether oxygens (including phenoxy) is 1. The summed E-state index contributed by atoms with van der Waals surface area (Å²) in [5.74, 6) is -0.239. The minimum Gasteiger partial charge on any atom is -0.477 e. The predicted molar refractivity (Wildman–Crippen MR) is 67.1 cm³/mol. The van der Waals surface area contributed by atoms with Gasteiger partial charge < -0.3 is 14.7 Å². The first-order valence-electron chi connectivity index (χ1n) is 6.09. The molecule has 0 spiro atoms. The molecule has 1 aliphatic rings. The number of piperidine rings is 1. The second-order valence-electron chi connectivity index (χ2n) is 4.66. The summed E-state index contributed by atoms with van der Waals surface area (Å²) in [6.07, 6.45) is 2.18. The number of carboxylic acid groups (broad SMARTS) is 1. The molecular formula is C12H19N3O3. The molecule has 100 valence electrons. The van der Waals surface area contributed by atoms with Crippen molar-refractivity contribution in [3.63, 3.8) is 0 Å². The van der Waals surface area contributed by atoms with E-state index in [1.54, 1.807) is 25.8 Å². The minimum atomic E-state index is -0.921. The number of aromatic carboxylic acids is 1. The molecule has 1 aliphatic heterocycles. The van der Waals surface area contributed by atoms with Gasteiger partial charge in [-0.15, -0.1) is 0 Å². The predicted octanol–water partition coefficient (Wildman–Crippen LogP) is 1.04. The minimum absolute atomic E-state index is 0.163. The average Bonchev–Trinajstić information content (AvgIpc) is 2.64. The first-order valence-corrected chi connectivity index (χ1v) is 6.09. The van der Waals surface area contributed by atoms with E-state index in [0.29, 0.717) is 17.1 Å². The molecule has 1 atom stereocenters. The molecule has 0 aliphatic carbocycles. The topological polar surface area (TPSA) is 67.6 Å². The van der Waals surface area contributed by atoms with Crippen molar-refractivity contribution in [1.82, 2.24) is 9.78 Å². The molecule has 18 heavy (non-hydrogen) atoms. The molecule has 1 N–H and O–H groups in total. The molecule has 1 aromatic heterocycles. The molecule has 6 heteroatoms. The third kappa shape index (κ3) is 2.20. The number of methoxy groups -OCH3 is 1. The number of aryl methyl sites for hydroxylation is 2. The van der Waals surface area contributed by atoms with E-state index >= 15 is 0 Å². The van der Waals surface area contributed by atoms with Crippen LogP contribution in [0.25, 0.3) is 0 Å². The van der Waals surface area contributed by atoms with Crippen molar-refractivity contribution >= 4 is 11.8 Å². The van der Waals surface area contributed by atoms with E-state index in [0.717, 1.165) is 25.9 Å². The lowest BCUT2D eigenvalue weighted by Crippen LogP contribution is -2.40. The summed E-state index contributed by atoms with van der Waals surface area (Å²) < 4.78 is 7.02. The van der Waals surface area contributed by atoms with Gasteiger partial charge in [0.25, 0.3) is 0 Å². The molecule has 1 unspecified atom stereocenters.